The van der Waals surface area contributed by atoms with Crippen molar-refractivity contribution in [3.8, 4) is 0 Å². The van der Waals surface area contributed by atoms with Crippen LogP contribution >= 0.6 is 12.6 Å². The van der Waals surface area contributed by atoms with Crippen molar-refractivity contribution in [1.82, 2.24) is 35.9 Å². The van der Waals surface area contributed by atoms with Gasteiger partial charge in [0, 0.05) is 61.9 Å². The first-order valence-corrected chi connectivity index (χ1v) is 21.7. The zero-order chi connectivity index (χ0) is 56.3. The Labute approximate surface area is 419 Å². The van der Waals surface area contributed by atoms with E-state index in [-0.39, 0.29) is 129 Å². The molecule has 0 bridgehead atoms. The average molecular weight is 1040 g/mol. The molecule has 2 aromatic heterocycles. The highest BCUT2D eigenvalue weighted by Gasteiger charge is 2.28. The van der Waals surface area contributed by atoms with Crippen molar-refractivity contribution in [2.75, 3.05) is 29.9 Å². The van der Waals surface area contributed by atoms with Crippen LogP contribution < -0.4 is 44.0 Å². The molecule has 0 aliphatic rings. The number of fused-ring (bicyclic) bond motifs is 1. The van der Waals surface area contributed by atoms with Crippen molar-refractivity contribution in [3.63, 3.8) is 0 Å². The van der Waals surface area contributed by atoms with E-state index in [9.17, 15) is 33.6 Å². The lowest BCUT2D eigenvalue weighted by atomic mass is 9.95. The lowest BCUT2D eigenvalue weighted by molar-refractivity contribution is -0.193. The van der Waals surface area contributed by atoms with Crippen LogP contribution in [0.4, 0.5) is 11.6 Å². The molecule has 394 valence electrons. The third-order valence-corrected chi connectivity index (χ3v) is 9.35. The number of carbonyl (C=O) groups excluding carboxylic acids is 16. The van der Waals surface area contributed by atoms with Crippen LogP contribution in [-0.2, 0) is 78.5 Å². The van der Waals surface area contributed by atoms with Gasteiger partial charge in [0.05, 0.1) is 30.5 Å². The summed E-state index contributed by atoms with van der Waals surface area (Å²) < 4.78 is 0. The number of thiol groups is 1. The van der Waals surface area contributed by atoms with Gasteiger partial charge in [-0.15, -0.1) is 0 Å². The minimum absolute atomic E-state index is 0.0484. The molecule has 11 N–H and O–H groups in total. The molecule has 1 aromatic carbocycles. The molecule has 4 atom stereocenters. The molecular formula is C43H54N12O17S. The largest absolute Gasteiger partial charge is 0.379 e. The summed E-state index contributed by atoms with van der Waals surface area (Å²) in [5.74, 6) is -3.10. The number of carbonyl (C=O) groups is 6. The van der Waals surface area contributed by atoms with Gasteiger partial charge in [0.1, 0.15) is 5.78 Å². The first kappa shape index (κ1) is 68.2. The molecule has 0 aliphatic carbocycles. The first-order chi connectivity index (χ1) is 34.6. The minimum atomic E-state index is -0.951. The molecule has 0 fully saturated rings. The molecule has 3 amide bonds. The number of hydrogen-bond acceptors (Lipinski definition) is 24. The molecule has 0 unspecified atom stereocenters. The van der Waals surface area contributed by atoms with E-state index >= 15 is 0 Å². The summed E-state index contributed by atoms with van der Waals surface area (Å²) >= 11 is 4.10. The third kappa shape index (κ3) is 32.4. The van der Waals surface area contributed by atoms with Gasteiger partial charge < -0.3 is 38.5 Å². The van der Waals surface area contributed by atoms with Crippen LogP contribution in [0.3, 0.4) is 0 Å². The maximum atomic E-state index is 13.3. The summed E-state index contributed by atoms with van der Waals surface area (Å²) in [5.41, 5.74) is 17.7. The highest BCUT2D eigenvalue weighted by Crippen LogP contribution is 2.14. The standard InChI is InChI=1S/C38H54N12O7S.5CO2/c1-21(34(55)48-28(8-5-15-43-37(39)40)30(53)18-22(2)33(54)46-23(3)29(52)9-6-16-58)17-27(51)7-4-14-42-35(56)24-10-12-25(13-11-24)44-19-26-20-45-32-31(47-26)36(57)50-38(41)49-32;5*2-1-3/h10-13,20-23,28,44,58H,4-9,14-19H2,1-3H3,(H,42,56)(H,46,54)(H,48,55)(H4,39,40,43)(H3,41,45,49,50,57);;;;;/t21-,22-,23+,28+;;;;;/m1...../s1. The summed E-state index contributed by atoms with van der Waals surface area (Å²) in [7, 11) is 0. The summed E-state index contributed by atoms with van der Waals surface area (Å²) in [6.07, 6.45) is 4.38. The zero-order valence-corrected chi connectivity index (χ0v) is 40.5. The van der Waals surface area contributed by atoms with Gasteiger partial charge in [-0.25, -0.2) is 9.97 Å². The number of amides is 3. The number of guanidine groups is 1. The maximum Gasteiger partial charge on any atom is 0.373 e. The van der Waals surface area contributed by atoms with Gasteiger partial charge in [0.15, 0.2) is 28.7 Å². The number of Topliss-reactive ketones (excluding diaryl/α,β-unsaturated/α-hetero) is 3. The predicted molar refractivity (Wildman–Crippen MR) is 248 cm³/mol. The van der Waals surface area contributed by atoms with E-state index in [4.69, 9.17) is 65.1 Å². The number of hydrogen-bond donors (Lipinski definition) is 9. The summed E-state index contributed by atoms with van der Waals surface area (Å²) in [4.78, 5) is 189. The summed E-state index contributed by atoms with van der Waals surface area (Å²) in [6.45, 7) is 5.45. The number of aliphatic imine (C=N–C) groups is 1. The van der Waals surface area contributed by atoms with Gasteiger partial charge in [-0.3, -0.25) is 43.5 Å². The fourth-order valence-electron chi connectivity index (χ4n) is 5.69. The lowest BCUT2D eigenvalue weighted by Crippen LogP contribution is -2.46. The van der Waals surface area contributed by atoms with Crippen LogP contribution in [0, 0.1) is 11.8 Å². The molecule has 3 aromatic rings. The number of nitrogens with one attached hydrogen (secondary N) is 5. The number of rotatable bonds is 25. The second-order valence-corrected chi connectivity index (χ2v) is 14.9. The molecule has 73 heavy (non-hydrogen) atoms. The lowest BCUT2D eigenvalue weighted by Gasteiger charge is -2.22. The Balaban J connectivity index is -0.00000290. The Bertz CT molecular complexity index is 2440. The Morgan fingerprint density at radius 2 is 1.29 bits per heavy atom. The molecule has 0 saturated heterocycles. The van der Waals surface area contributed by atoms with E-state index in [2.05, 4.69) is 58.8 Å². The van der Waals surface area contributed by atoms with Crippen molar-refractivity contribution in [2.24, 2.45) is 28.3 Å². The van der Waals surface area contributed by atoms with Crippen molar-refractivity contribution in [3.05, 3.63) is 52.1 Å². The monoisotopic (exact) mass is 1040 g/mol. The Kier molecular flexibility index (Phi) is 39.2. The van der Waals surface area contributed by atoms with Crippen LogP contribution in [0.5, 0.6) is 0 Å². The van der Waals surface area contributed by atoms with E-state index in [1.165, 1.54) is 6.20 Å². The van der Waals surface area contributed by atoms with Crippen LogP contribution in [0.2, 0.25) is 0 Å². The average Bonchev–Trinajstić information content (AvgIpc) is 3.33. The summed E-state index contributed by atoms with van der Waals surface area (Å²) in [5, 5.41) is 11.3. The first-order valence-electron chi connectivity index (χ1n) is 21.1. The second-order valence-electron chi connectivity index (χ2n) is 14.4. The molecular weight excluding hydrogens is 989 g/mol. The molecule has 0 radical (unpaired) electrons. The van der Waals surface area contributed by atoms with E-state index < -0.39 is 41.3 Å². The fourth-order valence-corrected chi connectivity index (χ4v) is 5.85. The topological polar surface area (TPSA) is 483 Å². The highest BCUT2D eigenvalue weighted by atomic mass is 32.1. The van der Waals surface area contributed by atoms with E-state index in [1.54, 1.807) is 45.0 Å². The number of benzene rings is 1. The van der Waals surface area contributed by atoms with Crippen molar-refractivity contribution < 1.29 is 76.7 Å². The Hall–Kier alpha value is -9.02. The fraction of sp³-hybridized carbons (Fsp3) is 0.442. The van der Waals surface area contributed by atoms with Crippen molar-refractivity contribution in [1.29, 1.82) is 0 Å². The van der Waals surface area contributed by atoms with Gasteiger partial charge in [0.2, 0.25) is 17.8 Å². The number of H-pyrrole nitrogens is 1. The number of aromatic nitrogens is 4. The normalized spacial score (nSPS) is 10.9. The molecule has 2 heterocycles. The van der Waals surface area contributed by atoms with Gasteiger partial charge in [0.25, 0.3) is 11.5 Å². The smallest absolute Gasteiger partial charge is 0.373 e. The molecule has 29 nitrogen and oxygen atoms in total. The summed E-state index contributed by atoms with van der Waals surface area (Å²) in [6, 6.07) is 5.04. The van der Waals surface area contributed by atoms with Gasteiger partial charge in [-0.1, -0.05) is 13.8 Å². The second kappa shape index (κ2) is 41.9. The number of nitrogens with zero attached hydrogens (tertiary/aromatic N) is 4. The van der Waals surface area contributed by atoms with Crippen molar-refractivity contribution in [2.45, 2.75) is 90.8 Å². The minimum Gasteiger partial charge on any atom is -0.379 e. The quantitative estimate of drug-likeness (QED) is 0.0192. The van der Waals surface area contributed by atoms with Crippen LogP contribution in [0.1, 0.15) is 88.2 Å². The Morgan fingerprint density at radius 3 is 1.84 bits per heavy atom. The molecule has 0 spiro atoms. The van der Waals surface area contributed by atoms with Crippen LogP contribution in [0.25, 0.3) is 11.2 Å². The predicted octanol–water partition coefficient (Wildman–Crippen LogP) is -1.99. The number of aromatic amines is 1. The van der Waals surface area contributed by atoms with Crippen molar-refractivity contribution >= 4 is 107 Å². The molecule has 0 saturated carbocycles. The van der Waals surface area contributed by atoms with E-state index in [0.29, 0.717) is 42.0 Å². The van der Waals surface area contributed by atoms with Gasteiger partial charge >= 0.3 is 30.8 Å². The molecule has 0 aliphatic heterocycles. The Morgan fingerprint density at radius 1 is 0.740 bits per heavy atom. The van der Waals surface area contributed by atoms with Crippen LogP contribution in [0.15, 0.2) is 40.2 Å². The van der Waals surface area contributed by atoms with Crippen LogP contribution in [-0.4, -0.2) is 123 Å². The number of nitrogens with two attached hydrogens (primary N) is 3. The number of ketones is 3. The molecule has 30 heteroatoms. The number of nitrogen functional groups attached to an aromatic ring is 1. The SMILES string of the molecule is C[C@H](CC(=O)[C@H](CCCN=C(N)N)NC(=O)[C@H](C)CC(=O)CCCNC(=O)c1ccc(NCc2cnc3nc(N)[nH]c(=O)c3n2)cc1)C(=O)N[C@@H](C)C(=O)CCCS.O=C=O.O=C=O.O=C=O.O=C=O.O=C=O. The van der Waals surface area contributed by atoms with E-state index in [1.807, 2.05) is 0 Å². The van der Waals surface area contributed by atoms with Gasteiger partial charge in [-0.05, 0) is 62.6 Å². The molecule has 3 rings (SSSR count). The third-order valence-electron chi connectivity index (χ3n) is 9.03. The van der Waals surface area contributed by atoms with E-state index in [0.717, 1.165) is 0 Å². The zero-order valence-electron chi connectivity index (χ0n) is 39.6. The maximum absolute atomic E-state index is 13.3. The highest BCUT2D eigenvalue weighted by molar-refractivity contribution is 7.80. The number of anilines is 2. The van der Waals surface area contributed by atoms with Gasteiger partial charge in [-0.2, -0.15) is 65.6 Å².